The molecule has 0 aliphatic heterocycles. The fourth-order valence-electron chi connectivity index (χ4n) is 0.167. The van der Waals surface area contributed by atoms with Crippen molar-refractivity contribution in [3.63, 3.8) is 0 Å². The van der Waals surface area contributed by atoms with Gasteiger partial charge in [0.1, 0.15) is 0 Å². The molecule has 2 heteroatoms. The Hall–Kier alpha value is 0.492. The Morgan fingerprint density at radius 1 is 1.80 bits per heavy atom. The van der Waals surface area contributed by atoms with E-state index in [9.17, 15) is 0 Å². The van der Waals surface area contributed by atoms with Gasteiger partial charge in [-0.2, -0.15) is 0 Å². The second-order valence-electron chi connectivity index (χ2n) is 0.691. The molecule has 0 heterocycles. The van der Waals surface area contributed by atoms with Gasteiger partial charge in [-0.1, -0.05) is 0 Å². The molecular formula is C3H8AlO+. The van der Waals surface area contributed by atoms with Crippen LogP contribution in [0.4, 0.5) is 0 Å². The average Bonchev–Trinajstić information content (AvgIpc) is 1.41. The molecule has 0 spiro atoms. The molecule has 0 fully saturated rings. The normalized spacial score (nSPS) is 6.80. The summed E-state index contributed by atoms with van der Waals surface area (Å²) in [5, 5.41) is 0. The second kappa shape index (κ2) is 4.49. The third-order valence-electron chi connectivity index (χ3n) is 0.333. The first-order chi connectivity index (χ1) is 2.41. The van der Waals surface area contributed by atoms with E-state index in [0.29, 0.717) is 0 Å². The van der Waals surface area contributed by atoms with Crippen molar-refractivity contribution in [1.29, 1.82) is 0 Å². The van der Waals surface area contributed by atoms with Gasteiger partial charge >= 0.3 is 38.7 Å². The number of hydrogen-bond donors (Lipinski definition) is 0. The van der Waals surface area contributed by atoms with Crippen LogP contribution in [0.25, 0.3) is 0 Å². The van der Waals surface area contributed by atoms with Crippen molar-refractivity contribution >= 4 is 15.6 Å². The fourth-order valence-corrected chi connectivity index (χ4v) is 0.500. The van der Waals surface area contributed by atoms with E-state index in [1.807, 2.05) is 6.92 Å². The summed E-state index contributed by atoms with van der Waals surface area (Å²) in [5.74, 6) is 2.07. The van der Waals surface area contributed by atoms with Crippen molar-refractivity contribution < 1.29 is 3.79 Å². The van der Waals surface area contributed by atoms with Crippen LogP contribution in [0.1, 0.15) is 6.92 Å². The van der Waals surface area contributed by atoms with Gasteiger partial charge in [0.2, 0.25) is 0 Å². The summed E-state index contributed by atoms with van der Waals surface area (Å²) >= 11 is 0.286. The summed E-state index contributed by atoms with van der Waals surface area (Å²) in [5.41, 5.74) is 0. The quantitative estimate of drug-likeness (QED) is 0.450. The van der Waals surface area contributed by atoms with Crippen LogP contribution < -0.4 is 0 Å². The van der Waals surface area contributed by atoms with Crippen LogP contribution in [-0.2, 0) is 3.79 Å². The number of rotatable bonds is 2. The van der Waals surface area contributed by atoms with Crippen LogP contribution in [0.5, 0.6) is 0 Å². The molecule has 0 aromatic heterocycles. The molecule has 0 aromatic carbocycles. The van der Waals surface area contributed by atoms with Gasteiger partial charge in [0.15, 0.2) is 0 Å². The minimum atomic E-state index is 0.286. The fraction of sp³-hybridized carbons (Fsp3) is 1.00. The van der Waals surface area contributed by atoms with E-state index >= 15 is 0 Å². The van der Waals surface area contributed by atoms with Crippen molar-refractivity contribution in [2.24, 2.45) is 0 Å². The molecule has 0 atom stereocenters. The van der Waals surface area contributed by atoms with Gasteiger partial charge in [0, 0.05) is 0 Å². The van der Waals surface area contributed by atoms with Crippen molar-refractivity contribution in [3.05, 3.63) is 0 Å². The van der Waals surface area contributed by atoms with Crippen LogP contribution >= 0.6 is 0 Å². The second-order valence-corrected chi connectivity index (χ2v) is 1.50. The predicted molar refractivity (Wildman–Crippen MR) is 23.2 cm³/mol. The van der Waals surface area contributed by atoms with Crippen LogP contribution in [0.3, 0.4) is 0 Å². The average molecular weight is 87.1 g/mol. The Bertz CT molecular complexity index is 14.4. The molecule has 0 aliphatic rings. The van der Waals surface area contributed by atoms with E-state index in [4.69, 9.17) is 3.79 Å². The Labute approximate surface area is 39.4 Å². The molecule has 0 bridgehead atoms. The summed E-state index contributed by atoms with van der Waals surface area (Å²) in [7, 11) is 0. The van der Waals surface area contributed by atoms with Crippen LogP contribution in [0, 0.1) is 0 Å². The van der Waals surface area contributed by atoms with E-state index in [-0.39, 0.29) is 15.6 Å². The molecule has 0 rings (SSSR count). The van der Waals surface area contributed by atoms with Gasteiger partial charge in [-0.15, -0.1) is 0 Å². The van der Waals surface area contributed by atoms with E-state index in [1.54, 1.807) is 0 Å². The third kappa shape index (κ3) is 4.49. The Morgan fingerprint density at radius 3 is 2.40 bits per heavy atom. The van der Waals surface area contributed by atoms with Gasteiger partial charge in [0.25, 0.3) is 0 Å². The van der Waals surface area contributed by atoms with Gasteiger partial charge in [0.05, 0.1) is 0 Å². The molecule has 0 N–H and O–H groups in total. The summed E-state index contributed by atoms with van der Waals surface area (Å²) in [6.07, 6.45) is 0. The molecule has 0 aliphatic carbocycles. The molecule has 0 radical (unpaired) electrons. The molecular weight excluding hydrogens is 79.0 g/mol. The van der Waals surface area contributed by atoms with E-state index in [1.165, 1.54) is 0 Å². The first kappa shape index (κ1) is 5.49. The van der Waals surface area contributed by atoms with Gasteiger partial charge in [-0.3, -0.25) is 0 Å². The molecule has 0 amide bonds. The van der Waals surface area contributed by atoms with Crippen LogP contribution in [0.2, 0.25) is 5.79 Å². The van der Waals surface area contributed by atoms with Crippen molar-refractivity contribution in [1.82, 2.24) is 0 Å². The standard InChI is InChI=1S/C2H5O.CH3.Al/c1-2-3;;/h2H2,1H3;1H3;/q-1;;+2. The molecule has 0 unspecified atom stereocenters. The third-order valence-corrected chi connectivity index (χ3v) is 1.00. The summed E-state index contributed by atoms with van der Waals surface area (Å²) in [4.78, 5) is 0. The van der Waals surface area contributed by atoms with Gasteiger partial charge in [-0.25, -0.2) is 0 Å². The topological polar surface area (TPSA) is 9.23 Å². The van der Waals surface area contributed by atoms with Gasteiger partial charge < -0.3 is 0 Å². The maximum absolute atomic E-state index is 4.92. The van der Waals surface area contributed by atoms with E-state index in [2.05, 4.69) is 5.79 Å². The van der Waals surface area contributed by atoms with Crippen LogP contribution in [0.15, 0.2) is 0 Å². The maximum atomic E-state index is 4.92. The van der Waals surface area contributed by atoms with E-state index in [0.717, 1.165) is 6.61 Å². The molecule has 0 aromatic rings. The zero-order valence-corrected chi connectivity index (χ0v) is 4.85. The SMILES string of the molecule is CC[O][Al+][CH3]. The zero-order valence-electron chi connectivity index (χ0n) is 3.69. The monoisotopic (exact) mass is 87.0 g/mol. The molecule has 28 valence electrons. The van der Waals surface area contributed by atoms with Crippen molar-refractivity contribution in [2.45, 2.75) is 12.7 Å². The van der Waals surface area contributed by atoms with Crippen LogP contribution in [-0.4, -0.2) is 22.2 Å². The Kier molecular flexibility index (Phi) is 4.93. The van der Waals surface area contributed by atoms with Gasteiger partial charge in [-0.05, 0) is 0 Å². The summed E-state index contributed by atoms with van der Waals surface area (Å²) in [6.45, 7) is 2.89. The van der Waals surface area contributed by atoms with Crippen molar-refractivity contribution in [2.75, 3.05) is 6.61 Å². The minimum absolute atomic E-state index is 0.286. The Balaban J connectivity index is 2.19. The Morgan fingerprint density at radius 2 is 2.40 bits per heavy atom. The zero-order chi connectivity index (χ0) is 4.12. The van der Waals surface area contributed by atoms with E-state index < -0.39 is 0 Å². The molecule has 5 heavy (non-hydrogen) atoms. The summed E-state index contributed by atoms with van der Waals surface area (Å²) < 4.78 is 4.92. The van der Waals surface area contributed by atoms with Crippen molar-refractivity contribution in [3.8, 4) is 0 Å². The number of hydrogen-bond acceptors (Lipinski definition) is 1. The predicted octanol–water partition coefficient (Wildman–Crippen LogP) is 0.690. The molecule has 0 saturated carbocycles. The first-order valence-electron chi connectivity index (χ1n) is 1.81. The molecule has 0 saturated heterocycles. The first-order valence-corrected chi connectivity index (χ1v) is 3.43. The molecule has 1 nitrogen and oxygen atoms in total. The summed E-state index contributed by atoms with van der Waals surface area (Å²) in [6, 6.07) is 0.